The van der Waals surface area contributed by atoms with Crippen LogP contribution in [0.4, 0.5) is 22.0 Å². The number of carboxylic acids is 1. The monoisotopic (exact) mass is 575 g/mol. The Hall–Kier alpha value is -3.67. The van der Waals surface area contributed by atoms with Gasteiger partial charge in [0.15, 0.2) is 23.3 Å². The third kappa shape index (κ3) is 6.60. The van der Waals surface area contributed by atoms with E-state index in [1.165, 1.54) is 42.5 Å². The highest BCUT2D eigenvalue weighted by atomic mass is 35.5. The number of hydroxylamine groups is 2. The maximum Gasteiger partial charge on any atom is 0.349 e. The lowest BCUT2D eigenvalue weighted by Gasteiger charge is -2.27. The number of aliphatic carboxylic acids is 1. The molecule has 13 heteroatoms. The molecule has 6 nitrogen and oxygen atoms in total. The number of carbonyl (C=O) groups excluding carboxylic acids is 1. The van der Waals surface area contributed by atoms with Gasteiger partial charge in [0.1, 0.15) is 11.8 Å². The van der Waals surface area contributed by atoms with Crippen LogP contribution < -0.4 is 0 Å². The van der Waals surface area contributed by atoms with E-state index in [4.69, 9.17) is 28.0 Å². The summed E-state index contributed by atoms with van der Waals surface area (Å²) in [6.45, 7) is -0.463. The van der Waals surface area contributed by atoms with Crippen LogP contribution in [0.2, 0.25) is 10.0 Å². The van der Waals surface area contributed by atoms with Crippen LogP contribution in [0.1, 0.15) is 16.7 Å². The summed E-state index contributed by atoms with van der Waals surface area (Å²) in [5.74, 6) is -14.1. The molecule has 0 aliphatic carbocycles. The summed E-state index contributed by atoms with van der Waals surface area (Å²) in [5.41, 5.74) is -0.819. The summed E-state index contributed by atoms with van der Waals surface area (Å²) in [6.07, 6.45) is 0.403. The standard InChI is InChI=1S/C25H16Cl2F5NO5/c26-16-2-1-3-17(27)15(16)11-33(18(25(36)37)10-12-4-6-13(34)7-5-12)38-19(35)9-8-14-20(28)22(30)24(32)23(31)21(14)29/h1-9,18,34H,10-11H2,(H,36,37)/t18-/m0/s1. The molecule has 2 N–H and O–H groups in total. The number of halogens is 7. The molecule has 0 unspecified atom stereocenters. The molecule has 38 heavy (non-hydrogen) atoms. The Morgan fingerprint density at radius 2 is 1.42 bits per heavy atom. The van der Waals surface area contributed by atoms with Gasteiger partial charge in [-0.05, 0) is 35.9 Å². The number of phenolic OH excluding ortho intramolecular Hbond substituents is 1. The molecule has 0 fully saturated rings. The second-order valence-corrected chi connectivity index (χ2v) is 8.54. The Labute approximate surface area is 222 Å². The van der Waals surface area contributed by atoms with Crippen molar-refractivity contribution in [2.45, 2.75) is 19.0 Å². The molecule has 0 saturated carbocycles. The van der Waals surface area contributed by atoms with Crippen LogP contribution >= 0.6 is 23.2 Å². The summed E-state index contributed by atoms with van der Waals surface area (Å²) in [5, 5.41) is 20.2. The smallest absolute Gasteiger partial charge is 0.349 e. The molecule has 0 saturated heterocycles. The van der Waals surface area contributed by atoms with Crippen molar-refractivity contribution >= 4 is 41.2 Å². The molecule has 200 valence electrons. The Kier molecular flexibility index (Phi) is 9.31. The van der Waals surface area contributed by atoms with Gasteiger partial charge in [0.2, 0.25) is 5.82 Å². The van der Waals surface area contributed by atoms with Crippen molar-refractivity contribution < 1.29 is 46.6 Å². The van der Waals surface area contributed by atoms with E-state index in [-0.39, 0.29) is 27.8 Å². The third-order valence-corrected chi connectivity index (χ3v) is 5.92. The predicted molar refractivity (Wildman–Crippen MR) is 127 cm³/mol. The highest BCUT2D eigenvalue weighted by Gasteiger charge is 2.31. The van der Waals surface area contributed by atoms with E-state index in [0.717, 1.165) is 0 Å². The van der Waals surface area contributed by atoms with Gasteiger partial charge in [-0.2, -0.15) is 0 Å². The van der Waals surface area contributed by atoms with Crippen molar-refractivity contribution in [1.82, 2.24) is 5.06 Å². The molecule has 0 bridgehead atoms. The fraction of sp³-hybridized carbons (Fsp3) is 0.120. The molecule has 0 radical (unpaired) electrons. The van der Waals surface area contributed by atoms with Gasteiger partial charge in [0.25, 0.3) is 0 Å². The summed E-state index contributed by atoms with van der Waals surface area (Å²) in [4.78, 5) is 29.8. The van der Waals surface area contributed by atoms with E-state index in [1.54, 1.807) is 0 Å². The number of nitrogens with zero attached hydrogens (tertiary/aromatic N) is 1. The lowest BCUT2D eigenvalue weighted by Crippen LogP contribution is -2.43. The van der Waals surface area contributed by atoms with Gasteiger partial charge in [0.05, 0.1) is 12.1 Å². The van der Waals surface area contributed by atoms with Crippen molar-refractivity contribution in [2.75, 3.05) is 0 Å². The Morgan fingerprint density at radius 3 is 1.95 bits per heavy atom. The van der Waals surface area contributed by atoms with E-state index in [2.05, 4.69) is 0 Å². The Morgan fingerprint density at radius 1 is 0.895 bits per heavy atom. The number of carboxylic acid groups (broad SMARTS) is 1. The summed E-state index contributed by atoms with van der Waals surface area (Å²) >= 11 is 12.3. The molecule has 0 aliphatic heterocycles. The second kappa shape index (κ2) is 12.2. The number of rotatable bonds is 9. The molecule has 3 aromatic rings. The van der Waals surface area contributed by atoms with Crippen LogP contribution in [0.3, 0.4) is 0 Å². The normalized spacial score (nSPS) is 12.2. The van der Waals surface area contributed by atoms with Crippen LogP contribution in [0, 0.1) is 29.1 Å². The molecule has 0 aliphatic rings. The average molecular weight is 576 g/mol. The van der Waals surface area contributed by atoms with Gasteiger partial charge in [-0.15, -0.1) is 5.06 Å². The van der Waals surface area contributed by atoms with Crippen molar-refractivity contribution in [1.29, 1.82) is 0 Å². The Balaban J connectivity index is 1.95. The molecule has 0 heterocycles. The summed E-state index contributed by atoms with van der Waals surface area (Å²) < 4.78 is 68.1. The first-order chi connectivity index (χ1) is 17.9. The van der Waals surface area contributed by atoms with E-state index in [9.17, 15) is 41.8 Å². The fourth-order valence-corrected chi connectivity index (χ4v) is 3.80. The fourth-order valence-electron chi connectivity index (χ4n) is 3.28. The first kappa shape index (κ1) is 28.9. The molecule has 1 atom stereocenters. The predicted octanol–water partition coefficient (Wildman–Crippen LogP) is 6.06. The van der Waals surface area contributed by atoms with Crippen molar-refractivity contribution in [2.24, 2.45) is 0 Å². The van der Waals surface area contributed by atoms with Crippen LogP contribution in [-0.2, 0) is 27.4 Å². The van der Waals surface area contributed by atoms with Gasteiger partial charge in [0, 0.05) is 28.1 Å². The number of carbonyl (C=O) groups is 2. The zero-order valence-electron chi connectivity index (χ0n) is 18.9. The zero-order valence-corrected chi connectivity index (χ0v) is 20.4. The topological polar surface area (TPSA) is 87.1 Å². The molecular weight excluding hydrogens is 560 g/mol. The van der Waals surface area contributed by atoms with Crippen LogP contribution in [-0.4, -0.2) is 33.3 Å². The lowest BCUT2D eigenvalue weighted by atomic mass is 10.0. The van der Waals surface area contributed by atoms with Crippen molar-refractivity contribution in [3.8, 4) is 5.75 Å². The average Bonchev–Trinajstić information content (AvgIpc) is 2.87. The number of hydrogen-bond acceptors (Lipinski definition) is 5. The van der Waals surface area contributed by atoms with Gasteiger partial charge in [-0.1, -0.05) is 41.4 Å². The minimum atomic E-state index is -2.37. The number of hydrogen-bond donors (Lipinski definition) is 2. The van der Waals surface area contributed by atoms with Crippen LogP contribution in [0.25, 0.3) is 6.08 Å². The number of phenols is 1. The quantitative estimate of drug-likeness (QED) is 0.106. The maximum absolute atomic E-state index is 13.9. The first-order valence-corrected chi connectivity index (χ1v) is 11.3. The molecule has 3 aromatic carbocycles. The first-order valence-electron chi connectivity index (χ1n) is 10.5. The number of benzene rings is 3. The lowest BCUT2D eigenvalue weighted by molar-refractivity contribution is -0.205. The second-order valence-electron chi connectivity index (χ2n) is 7.73. The number of aromatic hydroxyl groups is 1. The third-order valence-electron chi connectivity index (χ3n) is 5.21. The largest absolute Gasteiger partial charge is 0.508 e. The zero-order chi connectivity index (χ0) is 28.1. The van der Waals surface area contributed by atoms with E-state index < -0.39 is 59.2 Å². The molecular formula is C25H16Cl2F5NO5. The minimum Gasteiger partial charge on any atom is -0.508 e. The molecule has 0 spiro atoms. The maximum atomic E-state index is 13.9. The SMILES string of the molecule is O=C(C=Cc1c(F)c(F)c(F)c(F)c1F)ON(Cc1c(Cl)cccc1Cl)[C@@H](Cc1ccc(O)cc1)C(=O)O. The van der Waals surface area contributed by atoms with Gasteiger partial charge in [-0.25, -0.2) is 26.7 Å². The van der Waals surface area contributed by atoms with E-state index >= 15 is 0 Å². The molecule has 0 aromatic heterocycles. The summed E-state index contributed by atoms with van der Waals surface area (Å²) in [6, 6.07) is 8.31. The van der Waals surface area contributed by atoms with Crippen LogP contribution in [0.15, 0.2) is 48.5 Å². The van der Waals surface area contributed by atoms with Crippen LogP contribution in [0.5, 0.6) is 5.75 Å². The molecule has 3 rings (SSSR count). The van der Waals surface area contributed by atoms with Crippen molar-refractivity contribution in [3.05, 3.63) is 104 Å². The van der Waals surface area contributed by atoms with Gasteiger partial charge in [-0.3, -0.25) is 4.79 Å². The Bertz CT molecular complexity index is 1350. The summed E-state index contributed by atoms with van der Waals surface area (Å²) in [7, 11) is 0. The van der Waals surface area contributed by atoms with Gasteiger partial charge >= 0.3 is 11.9 Å². The van der Waals surface area contributed by atoms with Crippen molar-refractivity contribution in [3.63, 3.8) is 0 Å². The highest BCUT2D eigenvalue weighted by Crippen LogP contribution is 2.28. The highest BCUT2D eigenvalue weighted by molar-refractivity contribution is 6.35. The van der Waals surface area contributed by atoms with E-state index in [1.807, 2.05) is 0 Å². The minimum absolute atomic E-state index is 0.0787. The van der Waals surface area contributed by atoms with E-state index in [0.29, 0.717) is 22.8 Å². The molecule has 0 amide bonds. The van der Waals surface area contributed by atoms with Gasteiger partial charge < -0.3 is 15.1 Å².